The summed E-state index contributed by atoms with van der Waals surface area (Å²) < 4.78 is 18.3. The molecule has 0 radical (unpaired) electrons. The summed E-state index contributed by atoms with van der Waals surface area (Å²) in [5.41, 5.74) is 1.76. The standard InChI is InChI=1S/C17H16FN3O2S/c1-17(2,3)14-9-24-16(19-14)20-15(22)13-8-12(21-23-13)10-5-4-6-11(18)7-10/h4-9H,1-3H3,(H,19,20,22). The van der Waals surface area contributed by atoms with E-state index in [0.29, 0.717) is 16.4 Å². The third kappa shape index (κ3) is 3.51. The van der Waals surface area contributed by atoms with Crippen molar-refractivity contribution < 1.29 is 13.7 Å². The van der Waals surface area contributed by atoms with Gasteiger partial charge >= 0.3 is 0 Å². The molecule has 0 aliphatic heterocycles. The van der Waals surface area contributed by atoms with Gasteiger partial charge in [-0.25, -0.2) is 9.37 Å². The maximum atomic E-state index is 13.3. The normalized spacial score (nSPS) is 11.5. The Kier molecular flexibility index (Phi) is 4.19. The van der Waals surface area contributed by atoms with Crippen LogP contribution >= 0.6 is 11.3 Å². The molecule has 3 aromatic rings. The Hall–Kier alpha value is -2.54. The third-order valence-corrected chi connectivity index (χ3v) is 4.11. The van der Waals surface area contributed by atoms with Gasteiger partial charge in [-0.05, 0) is 12.1 Å². The van der Waals surface area contributed by atoms with Crippen LogP contribution in [0.2, 0.25) is 0 Å². The van der Waals surface area contributed by atoms with Crippen LogP contribution < -0.4 is 5.32 Å². The zero-order valence-corrected chi connectivity index (χ0v) is 14.3. The molecule has 1 amide bonds. The lowest BCUT2D eigenvalue weighted by atomic mass is 9.93. The van der Waals surface area contributed by atoms with Crippen LogP contribution in [0.15, 0.2) is 40.2 Å². The van der Waals surface area contributed by atoms with Gasteiger partial charge in [-0.15, -0.1) is 11.3 Å². The number of carbonyl (C=O) groups is 1. The highest BCUT2D eigenvalue weighted by molar-refractivity contribution is 7.14. The van der Waals surface area contributed by atoms with Crippen LogP contribution in [0.3, 0.4) is 0 Å². The fraction of sp³-hybridized carbons (Fsp3) is 0.235. The fourth-order valence-electron chi connectivity index (χ4n) is 2.00. The van der Waals surface area contributed by atoms with E-state index in [-0.39, 0.29) is 17.0 Å². The van der Waals surface area contributed by atoms with Gasteiger partial charge in [-0.1, -0.05) is 38.1 Å². The van der Waals surface area contributed by atoms with Crippen molar-refractivity contribution in [3.05, 3.63) is 53.0 Å². The van der Waals surface area contributed by atoms with E-state index in [0.717, 1.165) is 5.69 Å². The second-order valence-corrected chi connectivity index (χ2v) is 7.19. The van der Waals surface area contributed by atoms with Gasteiger partial charge in [0.15, 0.2) is 5.13 Å². The SMILES string of the molecule is CC(C)(C)c1csc(NC(=O)c2cc(-c3cccc(F)c3)no2)n1. The summed E-state index contributed by atoms with van der Waals surface area (Å²) in [5.74, 6) is -0.777. The zero-order valence-electron chi connectivity index (χ0n) is 13.5. The van der Waals surface area contributed by atoms with Gasteiger partial charge in [0.25, 0.3) is 5.91 Å². The highest BCUT2D eigenvalue weighted by Gasteiger charge is 2.20. The first-order valence-corrected chi connectivity index (χ1v) is 8.21. The minimum Gasteiger partial charge on any atom is -0.350 e. The Morgan fingerprint density at radius 1 is 1.29 bits per heavy atom. The molecular formula is C17H16FN3O2S. The number of nitrogens with one attached hydrogen (secondary N) is 1. The summed E-state index contributed by atoms with van der Waals surface area (Å²) in [6.07, 6.45) is 0. The minimum absolute atomic E-state index is 0.0433. The number of aromatic nitrogens is 2. The van der Waals surface area contributed by atoms with Crippen molar-refractivity contribution in [1.29, 1.82) is 0 Å². The number of hydrogen-bond acceptors (Lipinski definition) is 5. The van der Waals surface area contributed by atoms with Crippen molar-refractivity contribution in [3.63, 3.8) is 0 Å². The molecule has 3 rings (SSSR count). The van der Waals surface area contributed by atoms with Crippen LogP contribution in [-0.2, 0) is 5.41 Å². The van der Waals surface area contributed by atoms with Crippen molar-refractivity contribution in [1.82, 2.24) is 10.1 Å². The molecule has 0 aliphatic carbocycles. The number of anilines is 1. The number of benzene rings is 1. The average molecular weight is 345 g/mol. The molecule has 0 bridgehead atoms. The first-order chi connectivity index (χ1) is 11.3. The number of rotatable bonds is 3. The maximum Gasteiger partial charge on any atom is 0.296 e. The van der Waals surface area contributed by atoms with E-state index in [1.54, 1.807) is 12.1 Å². The van der Waals surface area contributed by atoms with Gasteiger partial charge in [0.1, 0.15) is 11.5 Å². The molecule has 0 fully saturated rings. The molecule has 0 spiro atoms. The Labute approximate surface area is 142 Å². The predicted octanol–water partition coefficient (Wildman–Crippen LogP) is 4.49. The van der Waals surface area contributed by atoms with Crippen LogP contribution in [0, 0.1) is 5.82 Å². The Morgan fingerprint density at radius 2 is 2.08 bits per heavy atom. The number of hydrogen-bond donors (Lipinski definition) is 1. The summed E-state index contributed by atoms with van der Waals surface area (Å²) in [5, 5.41) is 8.91. The molecular weight excluding hydrogens is 329 g/mol. The van der Waals surface area contributed by atoms with E-state index >= 15 is 0 Å². The van der Waals surface area contributed by atoms with Gasteiger partial charge in [-0.3, -0.25) is 10.1 Å². The van der Waals surface area contributed by atoms with Crippen LogP contribution in [0.25, 0.3) is 11.3 Å². The molecule has 24 heavy (non-hydrogen) atoms. The van der Waals surface area contributed by atoms with E-state index in [4.69, 9.17) is 4.52 Å². The fourth-order valence-corrected chi connectivity index (χ4v) is 2.93. The van der Waals surface area contributed by atoms with Crippen LogP contribution in [0.1, 0.15) is 37.0 Å². The second kappa shape index (κ2) is 6.16. The monoisotopic (exact) mass is 345 g/mol. The lowest BCUT2D eigenvalue weighted by Gasteiger charge is -2.14. The van der Waals surface area contributed by atoms with Crippen molar-refractivity contribution in [2.75, 3.05) is 5.32 Å². The molecule has 5 nitrogen and oxygen atoms in total. The molecule has 1 aromatic carbocycles. The number of halogens is 1. The van der Waals surface area contributed by atoms with E-state index in [1.165, 1.54) is 29.5 Å². The smallest absolute Gasteiger partial charge is 0.296 e. The van der Waals surface area contributed by atoms with Gasteiger partial charge in [0.05, 0.1) is 5.69 Å². The van der Waals surface area contributed by atoms with Crippen LogP contribution in [0.4, 0.5) is 9.52 Å². The van der Waals surface area contributed by atoms with Gasteiger partial charge in [0, 0.05) is 22.4 Å². The first-order valence-electron chi connectivity index (χ1n) is 7.33. The number of carbonyl (C=O) groups excluding carboxylic acids is 1. The summed E-state index contributed by atoms with van der Waals surface area (Å²) in [6, 6.07) is 7.41. The van der Waals surface area contributed by atoms with E-state index in [9.17, 15) is 9.18 Å². The van der Waals surface area contributed by atoms with E-state index in [2.05, 4.69) is 36.2 Å². The molecule has 2 heterocycles. The third-order valence-electron chi connectivity index (χ3n) is 3.35. The van der Waals surface area contributed by atoms with E-state index in [1.807, 2.05) is 5.38 Å². The Morgan fingerprint density at radius 3 is 2.75 bits per heavy atom. The van der Waals surface area contributed by atoms with Crippen molar-refractivity contribution >= 4 is 22.4 Å². The average Bonchev–Trinajstić information content (AvgIpc) is 3.15. The van der Waals surface area contributed by atoms with Crippen molar-refractivity contribution in [2.45, 2.75) is 26.2 Å². The van der Waals surface area contributed by atoms with Crippen LogP contribution in [0.5, 0.6) is 0 Å². The van der Waals surface area contributed by atoms with E-state index < -0.39 is 5.91 Å². The van der Waals surface area contributed by atoms with Gasteiger partial charge in [0.2, 0.25) is 5.76 Å². The van der Waals surface area contributed by atoms with Crippen molar-refractivity contribution in [2.24, 2.45) is 0 Å². The molecule has 0 saturated carbocycles. The molecule has 0 aliphatic rings. The largest absolute Gasteiger partial charge is 0.350 e. The molecule has 2 aromatic heterocycles. The summed E-state index contributed by atoms with van der Waals surface area (Å²) in [6.45, 7) is 6.15. The van der Waals surface area contributed by atoms with Crippen LogP contribution in [-0.4, -0.2) is 16.0 Å². The van der Waals surface area contributed by atoms with Gasteiger partial charge in [-0.2, -0.15) is 0 Å². The quantitative estimate of drug-likeness (QED) is 0.759. The zero-order chi connectivity index (χ0) is 17.3. The predicted molar refractivity (Wildman–Crippen MR) is 90.7 cm³/mol. The summed E-state index contributed by atoms with van der Waals surface area (Å²) in [7, 11) is 0. The summed E-state index contributed by atoms with van der Waals surface area (Å²) >= 11 is 1.35. The summed E-state index contributed by atoms with van der Waals surface area (Å²) in [4.78, 5) is 16.6. The highest BCUT2D eigenvalue weighted by Crippen LogP contribution is 2.27. The van der Waals surface area contributed by atoms with Gasteiger partial charge < -0.3 is 4.52 Å². The molecule has 0 atom stereocenters. The van der Waals surface area contributed by atoms with Crippen molar-refractivity contribution in [3.8, 4) is 11.3 Å². The molecule has 124 valence electrons. The number of amides is 1. The molecule has 0 saturated heterocycles. The molecule has 1 N–H and O–H groups in total. The number of nitrogens with zero attached hydrogens (tertiary/aromatic N) is 2. The second-order valence-electron chi connectivity index (χ2n) is 6.33. The first kappa shape index (κ1) is 16.3. The molecule has 0 unspecified atom stereocenters. The maximum absolute atomic E-state index is 13.3. The Bertz CT molecular complexity index is 880. The lowest BCUT2D eigenvalue weighted by Crippen LogP contribution is -2.13. The minimum atomic E-state index is -0.444. The number of thiazole rings is 1. The Balaban J connectivity index is 1.76. The lowest BCUT2D eigenvalue weighted by molar-refractivity contribution is 0.0988. The topological polar surface area (TPSA) is 68.0 Å². The molecule has 7 heteroatoms. The highest BCUT2D eigenvalue weighted by atomic mass is 32.1.